The monoisotopic (exact) mass is 236 g/mol. The van der Waals surface area contributed by atoms with Crippen LogP contribution in [0.5, 0.6) is 5.75 Å². The van der Waals surface area contributed by atoms with E-state index in [0.29, 0.717) is 0 Å². The molecule has 0 spiro atoms. The Balaban J connectivity index is 3.17. The molecule has 0 fully saturated rings. The largest absolute Gasteiger partial charge is 0.496 e. The minimum absolute atomic E-state index is 0.0155. The van der Waals surface area contributed by atoms with Gasteiger partial charge in [-0.05, 0) is 48.9 Å². The molecule has 3 heteroatoms. The highest BCUT2D eigenvalue weighted by molar-refractivity contribution is 5.68. The Hall–Kier alpha value is -1.51. The Morgan fingerprint density at radius 1 is 1.35 bits per heavy atom. The number of carboxylic acid groups (broad SMARTS) is 1. The van der Waals surface area contributed by atoms with Gasteiger partial charge in [0.25, 0.3) is 0 Å². The highest BCUT2D eigenvalue weighted by Crippen LogP contribution is 2.33. The summed E-state index contributed by atoms with van der Waals surface area (Å²) >= 11 is 0. The number of benzene rings is 1. The van der Waals surface area contributed by atoms with Crippen molar-refractivity contribution in [3.05, 3.63) is 28.8 Å². The molecule has 1 atom stereocenters. The van der Waals surface area contributed by atoms with Crippen LogP contribution in [0.4, 0.5) is 0 Å². The van der Waals surface area contributed by atoms with Crippen molar-refractivity contribution in [3.8, 4) is 5.75 Å². The van der Waals surface area contributed by atoms with E-state index in [1.807, 2.05) is 32.9 Å². The van der Waals surface area contributed by atoms with Gasteiger partial charge in [-0.25, -0.2) is 0 Å². The minimum atomic E-state index is -0.767. The number of carboxylic acids is 1. The topological polar surface area (TPSA) is 46.5 Å². The zero-order chi connectivity index (χ0) is 13.0. The van der Waals surface area contributed by atoms with Crippen LogP contribution >= 0.6 is 0 Å². The maximum absolute atomic E-state index is 10.9. The van der Waals surface area contributed by atoms with Crippen molar-refractivity contribution in [3.63, 3.8) is 0 Å². The molecule has 94 valence electrons. The van der Waals surface area contributed by atoms with E-state index in [9.17, 15) is 4.79 Å². The molecule has 1 rings (SSSR count). The first-order chi connectivity index (χ1) is 7.99. The lowest BCUT2D eigenvalue weighted by Gasteiger charge is -2.18. The van der Waals surface area contributed by atoms with Gasteiger partial charge in [0, 0.05) is 0 Å². The zero-order valence-electron chi connectivity index (χ0n) is 10.9. The lowest BCUT2D eigenvalue weighted by Crippen LogP contribution is -2.07. The summed E-state index contributed by atoms with van der Waals surface area (Å²) in [4.78, 5) is 10.9. The summed E-state index contributed by atoms with van der Waals surface area (Å²) in [5.74, 6) is 0.0417. The highest BCUT2D eigenvalue weighted by Gasteiger charge is 2.18. The summed E-state index contributed by atoms with van der Waals surface area (Å²) in [6.07, 6.45) is 0.945. The number of ether oxygens (including phenoxy) is 1. The minimum Gasteiger partial charge on any atom is -0.496 e. The number of methoxy groups -OCH3 is 1. The molecule has 17 heavy (non-hydrogen) atoms. The van der Waals surface area contributed by atoms with E-state index in [1.54, 1.807) is 7.11 Å². The standard InChI is InChI=1S/C14H20O3/c1-5-11(8-14(15)16)12-6-9(2)10(3)7-13(12)17-4/h6-7,11H,5,8H2,1-4H3,(H,15,16). The molecule has 0 aliphatic rings. The molecule has 0 radical (unpaired) electrons. The van der Waals surface area contributed by atoms with Crippen molar-refractivity contribution in [1.82, 2.24) is 0 Å². The summed E-state index contributed by atoms with van der Waals surface area (Å²) in [7, 11) is 1.63. The van der Waals surface area contributed by atoms with E-state index in [4.69, 9.17) is 9.84 Å². The molecule has 0 aliphatic carbocycles. The van der Waals surface area contributed by atoms with Gasteiger partial charge in [0.15, 0.2) is 0 Å². The number of aliphatic carboxylic acids is 1. The predicted molar refractivity (Wildman–Crippen MR) is 67.8 cm³/mol. The Kier molecular flexibility index (Phi) is 4.55. The van der Waals surface area contributed by atoms with Gasteiger partial charge in [-0.3, -0.25) is 4.79 Å². The summed E-state index contributed by atoms with van der Waals surface area (Å²) in [6, 6.07) is 4.03. The lowest BCUT2D eigenvalue weighted by atomic mass is 9.90. The molecule has 0 heterocycles. The molecule has 1 aromatic rings. The summed E-state index contributed by atoms with van der Waals surface area (Å²) < 4.78 is 5.35. The normalized spacial score (nSPS) is 12.2. The number of carbonyl (C=O) groups is 1. The molecule has 0 bridgehead atoms. The summed E-state index contributed by atoms with van der Waals surface area (Å²) in [5.41, 5.74) is 3.33. The van der Waals surface area contributed by atoms with Crippen molar-refractivity contribution in [2.75, 3.05) is 7.11 Å². The third-order valence-corrected chi connectivity index (χ3v) is 3.20. The molecule has 0 aliphatic heterocycles. The zero-order valence-corrected chi connectivity index (χ0v) is 10.9. The van der Waals surface area contributed by atoms with Gasteiger partial charge in [-0.1, -0.05) is 13.0 Å². The Bertz CT molecular complexity index is 410. The highest BCUT2D eigenvalue weighted by atomic mass is 16.5. The van der Waals surface area contributed by atoms with Crippen LogP contribution in [0.1, 0.15) is 42.4 Å². The number of hydrogen-bond donors (Lipinski definition) is 1. The van der Waals surface area contributed by atoms with Crippen molar-refractivity contribution in [2.24, 2.45) is 0 Å². The molecular weight excluding hydrogens is 216 g/mol. The molecular formula is C14H20O3. The van der Waals surface area contributed by atoms with Crippen LogP contribution in [0, 0.1) is 13.8 Å². The molecule has 3 nitrogen and oxygen atoms in total. The second kappa shape index (κ2) is 5.71. The third kappa shape index (κ3) is 3.22. The van der Waals surface area contributed by atoms with E-state index in [1.165, 1.54) is 5.56 Å². The quantitative estimate of drug-likeness (QED) is 0.853. The van der Waals surface area contributed by atoms with Gasteiger partial charge >= 0.3 is 5.97 Å². The van der Waals surface area contributed by atoms with E-state index in [-0.39, 0.29) is 12.3 Å². The van der Waals surface area contributed by atoms with E-state index in [2.05, 4.69) is 0 Å². The molecule has 0 saturated heterocycles. The Labute approximate surface area is 102 Å². The van der Waals surface area contributed by atoms with Crippen LogP contribution < -0.4 is 4.74 Å². The van der Waals surface area contributed by atoms with Crippen LogP contribution in [0.15, 0.2) is 12.1 Å². The summed E-state index contributed by atoms with van der Waals surface area (Å²) in [5, 5.41) is 8.92. The molecule has 1 aromatic carbocycles. The van der Waals surface area contributed by atoms with Gasteiger partial charge in [0.1, 0.15) is 5.75 Å². The average Bonchev–Trinajstić information content (AvgIpc) is 2.28. The van der Waals surface area contributed by atoms with Crippen LogP contribution in [-0.2, 0) is 4.79 Å². The van der Waals surface area contributed by atoms with Gasteiger partial charge in [0.2, 0.25) is 0 Å². The Morgan fingerprint density at radius 3 is 2.41 bits per heavy atom. The molecule has 0 amide bonds. The first kappa shape index (κ1) is 13.6. The second-order valence-electron chi connectivity index (χ2n) is 4.38. The van der Waals surface area contributed by atoms with Crippen molar-refractivity contribution >= 4 is 5.97 Å². The van der Waals surface area contributed by atoms with E-state index < -0.39 is 5.97 Å². The second-order valence-corrected chi connectivity index (χ2v) is 4.38. The lowest BCUT2D eigenvalue weighted by molar-refractivity contribution is -0.137. The van der Waals surface area contributed by atoms with Gasteiger partial charge in [-0.15, -0.1) is 0 Å². The van der Waals surface area contributed by atoms with Crippen molar-refractivity contribution in [2.45, 2.75) is 39.5 Å². The molecule has 1 N–H and O–H groups in total. The summed E-state index contributed by atoms with van der Waals surface area (Å²) in [6.45, 7) is 6.06. The SMILES string of the molecule is CCC(CC(=O)O)c1cc(C)c(C)cc1OC. The third-order valence-electron chi connectivity index (χ3n) is 3.20. The fraction of sp³-hybridized carbons (Fsp3) is 0.500. The van der Waals surface area contributed by atoms with Gasteiger partial charge in [0.05, 0.1) is 13.5 Å². The van der Waals surface area contributed by atoms with Crippen LogP contribution in [0.25, 0.3) is 0 Å². The number of aryl methyl sites for hydroxylation is 2. The fourth-order valence-electron chi connectivity index (χ4n) is 1.99. The molecule has 1 unspecified atom stereocenters. The van der Waals surface area contributed by atoms with Crippen molar-refractivity contribution < 1.29 is 14.6 Å². The fourth-order valence-corrected chi connectivity index (χ4v) is 1.99. The average molecular weight is 236 g/mol. The van der Waals surface area contributed by atoms with Crippen LogP contribution in [0.3, 0.4) is 0 Å². The van der Waals surface area contributed by atoms with Crippen molar-refractivity contribution in [1.29, 1.82) is 0 Å². The van der Waals surface area contributed by atoms with E-state index >= 15 is 0 Å². The van der Waals surface area contributed by atoms with Crippen LogP contribution in [-0.4, -0.2) is 18.2 Å². The molecule has 0 saturated carbocycles. The first-order valence-corrected chi connectivity index (χ1v) is 5.86. The van der Waals surface area contributed by atoms with Gasteiger partial charge in [-0.2, -0.15) is 0 Å². The first-order valence-electron chi connectivity index (χ1n) is 5.86. The molecule has 0 aromatic heterocycles. The van der Waals surface area contributed by atoms with Gasteiger partial charge < -0.3 is 9.84 Å². The number of rotatable bonds is 5. The van der Waals surface area contributed by atoms with E-state index in [0.717, 1.165) is 23.3 Å². The number of hydrogen-bond acceptors (Lipinski definition) is 2. The maximum atomic E-state index is 10.9. The predicted octanol–water partition coefficient (Wildman–Crippen LogP) is 3.28. The van der Waals surface area contributed by atoms with Crippen LogP contribution in [0.2, 0.25) is 0 Å². The maximum Gasteiger partial charge on any atom is 0.303 e. The Morgan fingerprint density at radius 2 is 1.94 bits per heavy atom. The smallest absolute Gasteiger partial charge is 0.303 e.